The summed E-state index contributed by atoms with van der Waals surface area (Å²) in [5, 5.41) is 28.9. The lowest BCUT2D eigenvalue weighted by atomic mass is 10.00. The van der Waals surface area contributed by atoms with Gasteiger partial charge in [-0.15, -0.1) is 0 Å². The highest BCUT2D eigenvalue weighted by Gasteiger charge is 2.33. The summed E-state index contributed by atoms with van der Waals surface area (Å²) in [4.78, 5) is 86.9. The van der Waals surface area contributed by atoms with Gasteiger partial charge in [-0.25, -0.2) is 4.79 Å². The fourth-order valence-corrected chi connectivity index (χ4v) is 4.36. The van der Waals surface area contributed by atoms with Gasteiger partial charge >= 0.3 is 11.9 Å². The maximum absolute atomic E-state index is 13.3. The van der Waals surface area contributed by atoms with Crippen LogP contribution in [0.25, 0.3) is 0 Å². The van der Waals surface area contributed by atoms with Gasteiger partial charge in [0.1, 0.15) is 24.2 Å². The Kier molecular flexibility index (Phi) is 16.2. The number of primary amides is 1. The maximum Gasteiger partial charge on any atom is 0.326 e. The van der Waals surface area contributed by atoms with Gasteiger partial charge in [-0.3, -0.25) is 28.8 Å². The minimum atomic E-state index is -1.65. The molecular formula is C30H46N6O9. The number of nitrogens with two attached hydrogens (primary N) is 2. The molecule has 15 nitrogen and oxygen atoms in total. The Morgan fingerprint density at radius 3 is 1.58 bits per heavy atom. The van der Waals surface area contributed by atoms with Gasteiger partial charge in [0.05, 0.1) is 12.5 Å². The monoisotopic (exact) mass is 634 g/mol. The van der Waals surface area contributed by atoms with Crippen molar-refractivity contribution in [3.05, 3.63) is 35.9 Å². The van der Waals surface area contributed by atoms with Gasteiger partial charge in [-0.05, 0) is 36.7 Å². The third-order valence-corrected chi connectivity index (χ3v) is 6.63. The summed E-state index contributed by atoms with van der Waals surface area (Å²) >= 11 is 0. The lowest BCUT2D eigenvalue weighted by Gasteiger charge is -2.27. The molecule has 0 saturated carbocycles. The Morgan fingerprint density at radius 1 is 0.689 bits per heavy atom. The molecule has 45 heavy (non-hydrogen) atoms. The smallest absolute Gasteiger partial charge is 0.326 e. The van der Waals surface area contributed by atoms with Crippen molar-refractivity contribution in [3.63, 3.8) is 0 Å². The number of rotatable bonds is 20. The number of carboxylic acid groups (broad SMARTS) is 2. The van der Waals surface area contributed by atoms with Crippen LogP contribution in [0.2, 0.25) is 0 Å². The zero-order valence-electron chi connectivity index (χ0n) is 26.1. The van der Waals surface area contributed by atoms with E-state index in [9.17, 15) is 43.8 Å². The van der Waals surface area contributed by atoms with E-state index >= 15 is 0 Å². The van der Waals surface area contributed by atoms with E-state index < -0.39 is 78.1 Å². The Balaban J connectivity index is 3.12. The Bertz CT molecular complexity index is 1190. The fraction of sp³-hybridized carbons (Fsp3) is 0.567. The van der Waals surface area contributed by atoms with E-state index in [0.717, 1.165) is 0 Å². The fourth-order valence-electron chi connectivity index (χ4n) is 4.36. The van der Waals surface area contributed by atoms with Crippen LogP contribution in [-0.2, 0) is 40.0 Å². The molecule has 0 aliphatic heterocycles. The average Bonchev–Trinajstić information content (AvgIpc) is 2.93. The topological polar surface area (TPSA) is 260 Å². The Hall–Kier alpha value is -4.53. The van der Waals surface area contributed by atoms with Crippen LogP contribution in [0, 0.1) is 11.8 Å². The van der Waals surface area contributed by atoms with Gasteiger partial charge in [-0.1, -0.05) is 58.0 Å². The molecule has 0 fully saturated rings. The molecule has 0 aromatic heterocycles. The standard InChI is InChI=1S/C30H46N6O9/c1-16(2)12-20(33-26(40)19(31)10-11-24(32)37)27(41)35-22(15-25(38)39)29(43)34-21(13-17(3)4)28(42)36-23(30(44)45)14-18-8-6-5-7-9-18/h5-9,16-17,19-23H,10-15,31H2,1-4H3,(H2,32,37)(H,33,40)(H,34,43)(H,35,41)(H,36,42)(H,38,39)(H,44,45)/t19-,20-,21-,22-,23-/m0/s1. The van der Waals surface area contributed by atoms with E-state index in [0.29, 0.717) is 5.56 Å². The molecule has 250 valence electrons. The number of hydrogen-bond donors (Lipinski definition) is 8. The summed E-state index contributed by atoms with van der Waals surface area (Å²) in [7, 11) is 0. The van der Waals surface area contributed by atoms with Crippen molar-refractivity contribution in [2.75, 3.05) is 0 Å². The van der Waals surface area contributed by atoms with Crippen molar-refractivity contribution in [3.8, 4) is 0 Å². The lowest BCUT2D eigenvalue weighted by Crippen LogP contribution is -2.59. The second-order valence-electron chi connectivity index (χ2n) is 11.7. The molecule has 0 aliphatic carbocycles. The largest absolute Gasteiger partial charge is 0.481 e. The molecule has 5 atom stereocenters. The number of carboxylic acids is 2. The predicted molar refractivity (Wildman–Crippen MR) is 163 cm³/mol. The molecule has 15 heteroatoms. The van der Waals surface area contributed by atoms with Gasteiger partial charge in [-0.2, -0.15) is 0 Å². The molecule has 1 rings (SSSR count). The van der Waals surface area contributed by atoms with Crippen molar-refractivity contribution < 1.29 is 43.8 Å². The van der Waals surface area contributed by atoms with Crippen LogP contribution in [-0.4, -0.2) is 81.9 Å². The Morgan fingerprint density at radius 2 is 1.13 bits per heavy atom. The zero-order chi connectivity index (χ0) is 34.3. The van der Waals surface area contributed by atoms with Crippen LogP contribution < -0.4 is 32.7 Å². The molecule has 1 aromatic carbocycles. The second kappa shape index (κ2) is 19.0. The highest BCUT2D eigenvalue weighted by Crippen LogP contribution is 2.10. The zero-order valence-corrected chi connectivity index (χ0v) is 26.1. The molecule has 0 bridgehead atoms. The number of benzene rings is 1. The van der Waals surface area contributed by atoms with Crippen LogP contribution in [0.3, 0.4) is 0 Å². The summed E-state index contributed by atoms with van der Waals surface area (Å²) in [5.74, 6) is -7.02. The third kappa shape index (κ3) is 15.2. The molecular weight excluding hydrogens is 588 g/mol. The summed E-state index contributed by atoms with van der Waals surface area (Å²) in [6.07, 6.45) is -0.886. The van der Waals surface area contributed by atoms with Crippen molar-refractivity contribution in [2.24, 2.45) is 23.3 Å². The van der Waals surface area contributed by atoms with Gasteiger partial charge < -0.3 is 42.9 Å². The minimum Gasteiger partial charge on any atom is -0.481 e. The highest BCUT2D eigenvalue weighted by atomic mass is 16.4. The normalized spacial score (nSPS) is 14.4. The van der Waals surface area contributed by atoms with E-state index in [-0.39, 0.29) is 43.9 Å². The number of amides is 5. The summed E-state index contributed by atoms with van der Waals surface area (Å²) in [6, 6.07) is 2.07. The van der Waals surface area contributed by atoms with Gasteiger partial charge in [0.15, 0.2) is 0 Å². The molecule has 0 aliphatic rings. The first-order chi connectivity index (χ1) is 21.0. The molecule has 1 aromatic rings. The third-order valence-electron chi connectivity index (χ3n) is 6.63. The number of carbonyl (C=O) groups excluding carboxylic acids is 5. The SMILES string of the molecule is CC(C)C[C@H](NC(=O)[C@H](CC(=O)O)NC(=O)[C@H](CC(C)C)NC(=O)[C@@H](N)CCC(N)=O)C(=O)N[C@@H](Cc1ccccc1)C(=O)O. The van der Waals surface area contributed by atoms with Crippen molar-refractivity contribution in [1.29, 1.82) is 0 Å². The number of nitrogens with one attached hydrogen (secondary N) is 4. The van der Waals surface area contributed by atoms with E-state index in [1.54, 1.807) is 58.0 Å². The predicted octanol–water partition coefficient (Wildman–Crippen LogP) is -0.587. The van der Waals surface area contributed by atoms with E-state index in [1.165, 1.54) is 0 Å². The number of carbonyl (C=O) groups is 7. The van der Waals surface area contributed by atoms with Crippen LogP contribution in [0.1, 0.15) is 65.4 Å². The molecule has 0 unspecified atom stereocenters. The molecule has 0 heterocycles. The Labute approximate surface area is 262 Å². The highest BCUT2D eigenvalue weighted by molar-refractivity contribution is 5.96. The first-order valence-electron chi connectivity index (χ1n) is 14.7. The first-order valence-corrected chi connectivity index (χ1v) is 14.7. The average molecular weight is 635 g/mol. The van der Waals surface area contributed by atoms with E-state index in [4.69, 9.17) is 11.5 Å². The molecule has 0 radical (unpaired) electrons. The second-order valence-corrected chi connectivity index (χ2v) is 11.7. The van der Waals surface area contributed by atoms with Crippen molar-refractivity contribution in [1.82, 2.24) is 21.3 Å². The maximum atomic E-state index is 13.3. The van der Waals surface area contributed by atoms with Crippen molar-refractivity contribution >= 4 is 41.5 Å². The number of hydrogen-bond acceptors (Lipinski definition) is 8. The van der Waals surface area contributed by atoms with Gasteiger partial charge in [0, 0.05) is 12.8 Å². The summed E-state index contributed by atoms with van der Waals surface area (Å²) < 4.78 is 0. The van der Waals surface area contributed by atoms with Gasteiger partial charge in [0.25, 0.3) is 0 Å². The van der Waals surface area contributed by atoms with E-state index in [1.807, 2.05) is 0 Å². The quantitative estimate of drug-likeness (QED) is 0.0904. The van der Waals surface area contributed by atoms with E-state index in [2.05, 4.69) is 21.3 Å². The lowest BCUT2D eigenvalue weighted by molar-refractivity contribution is -0.143. The summed E-state index contributed by atoms with van der Waals surface area (Å²) in [6.45, 7) is 7.10. The van der Waals surface area contributed by atoms with Gasteiger partial charge in [0.2, 0.25) is 29.5 Å². The van der Waals surface area contributed by atoms with Crippen LogP contribution in [0.5, 0.6) is 0 Å². The molecule has 10 N–H and O–H groups in total. The summed E-state index contributed by atoms with van der Waals surface area (Å²) in [5.41, 5.74) is 11.6. The minimum absolute atomic E-state index is 0.0168. The first kappa shape index (κ1) is 38.5. The molecule has 0 spiro atoms. The molecule has 5 amide bonds. The van der Waals surface area contributed by atoms with Crippen LogP contribution >= 0.6 is 0 Å². The van der Waals surface area contributed by atoms with Crippen LogP contribution in [0.15, 0.2) is 30.3 Å². The van der Waals surface area contributed by atoms with Crippen LogP contribution in [0.4, 0.5) is 0 Å². The molecule has 0 saturated heterocycles. The number of aliphatic carboxylic acids is 2. The van der Waals surface area contributed by atoms with Crippen molar-refractivity contribution in [2.45, 2.75) is 96.4 Å².